The Morgan fingerprint density at radius 3 is 2.71 bits per heavy atom. The fourth-order valence-corrected chi connectivity index (χ4v) is 4.92. The summed E-state index contributed by atoms with van der Waals surface area (Å²) in [6, 6.07) is 12.8. The largest absolute Gasteiger partial charge is 0.219 e. The van der Waals surface area contributed by atoms with Gasteiger partial charge in [0.25, 0.3) is 0 Å². The first kappa shape index (κ1) is 11.3. The van der Waals surface area contributed by atoms with Crippen LogP contribution in [0.1, 0.15) is 6.92 Å². The molecule has 0 aliphatic rings. The average Bonchev–Trinajstić information content (AvgIpc) is 2.88. The normalized spacial score (nSPS) is 11.1. The van der Waals surface area contributed by atoms with Crippen LogP contribution in [-0.2, 0) is 0 Å². The highest BCUT2D eigenvalue weighted by molar-refractivity contribution is 8.01. The monoisotopic (exact) mass is 277 g/mol. The van der Waals surface area contributed by atoms with Crippen molar-refractivity contribution in [1.29, 1.82) is 0 Å². The smallest absolute Gasteiger partial charge is 0.152 e. The highest BCUT2D eigenvalue weighted by Gasteiger charge is 2.09. The summed E-state index contributed by atoms with van der Waals surface area (Å²) in [6.45, 7) is 2.16. The number of hydrogen-bond donors (Lipinski definition) is 0. The molecule has 1 nitrogen and oxygen atoms in total. The van der Waals surface area contributed by atoms with Crippen molar-refractivity contribution in [1.82, 2.24) is 4.98 Å². The first-order valence-corrected chi connectivity index (χ1v) is 8.07. The van der Waals surface area contributed by atoms with E-state index in [1.165, 1.54) is 24.3 Å². The van der Waals surface area contributed by atoms with Gasteiger partial charge in [-0.15, -0.1) is 22.7 Å². The van der Waals surface area contributed by atoms with E-state index in [4.69, 9.17) is 0 Å². The maximum atomic E-state index is 4.65. The molecule has 3 rings (SSSR count). The van der Waals surface area contributed by atoms with Crippen LogP contribution < -0.4 is 0 Å². The number of nitrogens with zero attached hydrogens (tertiary/aromatic N) is 1. The van der Waals surface area contributed by atoms with Crippen molar-refractivity contribution in [2.75, 3.05) is 5.75 Å². The Balaban J connectivity index is 2.01. The second-order valence-corrected chi connectivity index (χ2v) is 7.13. The van der Waals surface area contributed by atoms with Crippen molar-refractivity contribution < 1.29 is 0 Å². The molecule has 0 saturated heterocycles. The highest BCUT2D eigenvalue weighted by Crippen LogP contribution is 2.38. The number of fused-ring (bicyclic) bond motifs is 1. The minimum Gasteiger partial charge on any atom is -0.219 e. The Labute approximate surface area is 113 Å². The van der Waals surface area contributed by atoms with Crippen molar-refractivity contribution in [3.8, 4) is 10.4 Å². The lowest BCUT2D eigenvalue weighted by atomic mass is 10.2. The Morgan fingerprint density at radius 2 is 2.00 bits per heavy atom. The molecular formula is C13H11NS3. The summed E-state index contributed by atoms with van der Waals surface area (Å²) in [5.74, 6) is 1.09. The van der Waals surface area contributed by atoms with Crippen LogP contribution in [0, 0.1) is 0 Å². The second-order valence-electron chi connectivity index (χ2n) is 3.56. The lowest BCUT2D eigenvalue weighted by Crippen LogP contribution is -1.69. The van der Waals surface area contributed by atoms with Crippen molar-refractivity contribution in [2.45, 2.75) is 11.3 Å². The van der Waals surface area contributed by atoms with E-state index in [2.05, 4.69) is 42.2 Å². The molecule has 86 valence electrons. The topological polar surface area (TPSA) is 12.9 Å². The molecule has 0 atom stereocenters. The average molecular weight is 277 g/mol. The number of aromatic nitrogens is 1. The first-order chi connectivity index (χ1) is 8.36. The SMILES string of the molecule is CCSc1nc2sc(-c3ccccc3)cc2s1. The summed E-state index contributed by atoms with van der Waals surface area (Å²) in [7, 11) is 0. The summed E-state index contributed by atoms with van der Waals surface area (Å²) in [5.41, 5.74) is 1.28. The quantitative estimate of drug-likeness (QED) is 0.615. The minimum absolute atomic E-state index is 1.09. The van der Waals surface area contributed by atoms with Gasteiger partial charge < -0.3 is 0 Å². The highest BCUT2D eigenvalue weighted by atomic mass is 32.2. The van der Waals surface area contributed by atoms with Gasteiger partial charge in [-0.2, -0.15) is 0 Å². The van der Waals surface area contributed by atoms with Gasteiger partial charge in [0.1, 0.15) is 4.83 Å². The van der Waals surface area contributed by atoms with E-state index >= 15 is 0 Å². The summed E-state index contributed by atoms with van der Waals surface area (Å²) in [5, 5.41) is 0. The van der Waals surface area contributed by atoms with Gasteiger partial charge in [-0.3, -0.25) is 0 Å². The molecule has 0 N–H and O–H groups in total. The van der Waals surface area contributed by atoms with Gasteiger partial charge in [-0.1, -0.05) is 49.0 Å². The van der Waals surface area contributed by atoms with E-state index in [1.807, 2.05) is 17.8 Å². The zero-order chi connectivity index (χ0) is 11.7. The van der Waals surface area contributed by atoms with E-state index in [0.29, 0.717) is 0 Å². The summed E-state index contributed by atoms with van der Waals surface area (Å²) < 4.78 is 2.50. The Hall–Kier alpha value is -0.840. The van der Waals surface area contributed by atoms with Crippen LogP contribution >= 0.6 is 34.4 Å². The van der Waals surface area contributed by atoms with E-state index in [0.717, 1.165) is 5.75 Å². The molecule has 0 spiro atoms. The van der Waals surface area contributed by atoms with E-state index in [9.17, 15) is 0 Å². The Morgan fingerprint density at radius 1 is 1.18 bits per heavy atom. The standard InChI is InChI=1S/C13H11NS3/c1-2-15-13-14-12-11(17-13)8-10(16-12)9-6-4-3-5-7-9/h3-8H,2H2,1H3. The van der Waals surface area contributed by atoms with E-state index in [1.54, 1.807) is 22.7 Å². The molecule has 17 heavy (non-hydrogen) atoms. The zero-order valence-corrected chi connectivity index (χ0v) is 11.8. The second kappa shape index (κ2) is 4.80. The molecule has 0 unspecified atom stereocenters. The predicted octanol–water partition coefficient (Wildman–Crippen LogP) is 5.14. The van der Waals surface area contributed by atoms with Crippen molar-refractivity contribution >= 4 is 44.0 Å². The molecule has 0 aliphatic heterocycles. The molecular weight excluding hydrogens is 266 g/mol. The van der Waals surface area contributed by atoms with Crippen LogP contribution in [0.25, 0.3) is 20.0 Å². The van der Waals surface area contributed by atoms with Gasteiger partial charge in [-0.05, 0) is 17.4 Å². The van der Waals surface area contributed by atoms with Gasteiger partial charge in [0.05, 0.1) is 4.70 Å². The Bertz CT molecular complexity index is 593. The Kier molecular flexibility index (Phi) is 3.18. The van der Waals surface area contributed by atoms with Gasteiger partial charge in [-0.25, -0.2) is 4.98 Å². The third-order valence-corrected chi connectivity index (χ3v) is 5.63. The summed E-state index contributed by atoms with van der Waals surface area (Å²) in [6.07, 6.45) is 0. The minimum atomic E-state index is 1.09. The number of thiophene rings is 1. The van der Waals surface area contributed by atoms with Gasteiger partial charge in [0.15, 0.2) is 4.34 Å². The molecule has 0 bridgehead atoms. The van der Waals surface area contributed by atoms with Crippen LogP contribution in [-0.4, -0.2) is 10.7 Å². The fourth-order valence-electron chi connectivity index (χ4n) is 1.65. The van der Waals surface area contributed by atoms with Gasteiger partial charge in [0.2, 0.25) is 0 Å². The van der Waals surface area contributed by atoms with Gasteiger partial charge >= 0.3 is 0 Å². The molecule has 1 aromatic carbocycles. The molecule has 2 aromatic heterocycles. The van der Waals surface area contributed by atoms with Crippen LogP contribution in [0.2, 0.25) is 0 Å². The lowest BCUT2D eigenvalue weighted by Gasteiger charge is -1.94. The maximum Gasteiger partial charge on any atom is 0.152 e. The molecule has 0 fully saturated rings. The van der Waals surface area contributed by atoms with Crippen LogP contribution in [0.15, 0.2) is 40.7 Å². The molecule has 4 heteroatoms. The molecule has 3 aromatic rings. The third-order valence-electron chi connectivity index (χ3n) is 2.40. The number of hydrogen-bond acceptors (Lipinski definition) is 4. The number of thioether (sulfide) groups is 1. The van der Waals surface area contributed by atoms with Crippen LogP contribution in [0.5, 0.6) is 0 Å². The number of benzene rings is 1. The lowest BCUT2D eigenvalue weighted by molar-refractivity contribution is 1.31. The van der Waals surface area contributed by atoms with Crippen LogP contribution in [0.4, 0.5) is 0 Å². The predicted molar refractivity (Wildman–Crippen MR) is 79.3 cm³/mol. The molecule has 0 aliphatic carbocycles. The van der Waals surface area contributed by atoms with E-state index < -0.39 is 0 Å². The molecule has 0 saturated carbocycles. The molecule has 2 heterocycles. The fraction of sp³-hybridized carbons (Fsp3) is 0.154. The van der Waals surface area contributed by atoms with E-state index in [-0.39, 0.29) is 0 Å². The van der Waals surface area contributed by atoms with Crippen molar-refractivity contribution in [3.05, 3.63) is 36.4 Å². The molecule has 0 radical (unpaired) electrons. The first-order valence-electron chi connectivity index (χ1n) is 5.45. The summed E-state index contributed by atoms with van der Waals surface area (Å²) in [4.78, 5) is 7.13. The summed E-state index contributed by atoms with van der Waals surface area (Å²) >= 11 is 5.40. The number of rotatable bonds is 3. The zero-order valence-electron chi connectivity index (χ0n) is 9.34. The van der Waals surface area contributed by atoms with Gasteiger partial charge in [0, 0.05) is 4.88 Å². The van der Waals surface area contributed by atoms with Crippen molar-refractivity contribution in [3.63, 3.8) is 0 Å². The van der Waals surface area contributed by atoms with Crippen molar-refractivity contribution in [2.24, 2.45) is 0 Å². The third kappa shape index (κ3) is 2.25. The number of thiazole rings is 1. The van der Waals surface area contributed by atoms with Crippen LogP contribution in [0.3, 0.4) is 0 Å². The maximum absolute atomic E-state index is 4.65. The molecule has 0 amide bonds.